The van der Waals surface area contributed by atoms with Crippen LogP contribution in [0.2, 0.25) is 0 Å². The van der Waals surface area contributed by atoms with Gasteiger partial charge in [-0.3, -0.25) is 4.79 Å². The number of aromatic nitrogens is 1. The highest BCUT2D eigenvalue weighted by atomic mass is 32.1. The van der Waals surface area contributed by atoms with Gasteiger partial charge in [-0.15, -0.1) is 11.3 Å². The van der Waals surface area contributed by atoms with Crippen molar-refractivity contribution in [1.82, 2.24) is 4.98 Å². The molecule has 6 nitrogen and oxygen atoms in total. The van der Waals surface area contributed by atoms with Crippen LogP contribution >= 0.6 is 11.3 Å². The molecule has 0 aliphatic heterocycles. The average molecular weight is 261 g/mol. The van der Waals surface area contributed by atoms with Crippen LogP contribution in [0, 0.1) is 0 Å². The Morgan fingerprint density at radius 1 is 1.28 bits per heavy atom. The SMILES string of the molecule is NC(N)=Nc1nc(C(=O)Nc2ccccc2)cs1. The summed E-state index contributed by atoms with van der Waals surface area (Å²) in [7, 11) is 0. The summed E-state index contributed by atoms with van der Waals surface area (Å²) in [5, 5.41) is 4.67. The van der Waals surface area contributed by atoms with E-state index in [1.165, 1.54) is 11.3 Å². The summed E-state index contributed by atoms with van der Waals surface area (Å²) in [5.74, 6) is -0.381. The first-order valence-electron chi connectivity index (χ1n) is 5.07. The van der Waals surface area contributed by atoms with Crippen LogP contribution in [0.3, 0.4) is 0 Å². The highest BCUT2D eigenvalue weighted by Crippen LogP contribution is 2.19. The number of para-hydroxylation sites is 1. The quantitative estimate of drug-likeness (QED) is 0.571. The monoisotopic (exact) mass is 261 g/mol. The van der Waals surface area contributed by atoms with Gasteiger partial charge in [-0.1, -0.05) is 18.2 Å². The van der Waals surface area contributed by atoms with Crippen molar-refractivity contribution in [3.8, 4) is 0 Å². The van der Waals surface area contributed by atoms with Crippen LogP contribution in [-0.4, -0.2) is 16.9 Å². The Hall–Kier alpha value is -2.41. The highest BCUT2D eigenvalue weighted by Gasteiger charge is 2.10. The third-order valence-corrected chi connectivity index (χ3v) is 2.72. The van der Waals surface area contributed by atoms with E-state index >= 15 is 0 Å². The van der Waals surface area contributed by atoms with Gasteiger partial charge in [0.15, 0.2) is 5.96 Å². The van der Waals surface area contributed by atoms with E-state index in [0.717, 1.165) is 0 Å². The van der Waals surface area contributed by atoms with Gasteiger partial charge in [-0.05, 0) is 12.1 Å². The fourth-order valence-electron chi connectivity index (χ4n) is 1.25. The predicted molar refractivity (Wildman–Crippen MR) is 72.0 cm³/mol. The number of benzene rings is 1. The number of hydrogen-bond acceptors (Lipinski definition) is 4. The van der Waals surface area contributed by atoms with Crippen LogP contribution in [-0.2, 0) is 0 Å². The third kappa shape index (κ3) is 3.05. The lowest BCUT2D eigenvalue weighted by Gasteiger charge is -2.01. The summed E-state index contributed by atoms with van der Waals surface area (Å²) in [6.45, 7) is 0. The smallest absolute Gasteiger partial charge is 0.275 e. The summed E-state index contributed by atoms with van der Waals surface area (Å²) >= 11 is 1.20. The number of guanidine groups is 1. The predicted octanol–water partition coefficient (Wildman–Crippen LogP) is 1.30. The number of nitrogens with two attached hydrogens (primary N) is 2. The van der Waals surface area contributed by atoms with Gasteiger partial charge in [0.05, 0.1) is 0 Å². The van der Waals surface area contributed by atoms with Gasteiger partial charge in [0.1, 0.15) is 5.69 Å². The molecule has 2 rings (SSSR count). The summed E-state index contributed by atoms with van der Waals surface area (Å²) in [6, 6.07) is 9.13. The van der Waals surface area contributed by atoms with E-state index in [2.05, 4.69) is 15.3 Å². The first-order chi connectivity index (χ1) is 8.65. The van der Waals surface area contributed by atoms with Crippen molar-refractivity contribution in [2.45, 2.75) is 0 Å². The van der Waals surface area contributed by atoms with Crippen LogP contribution in [0.1, 0.15) is 10.5 Å². The topological polar surface area (TPSA) is 106 Å². The Morgan fingerprint density at radius 2 is 2.00 bits per heavy atom. The van der Waals surface area contributed by atoms with E-state index in [1.54, 1.807) is 17.5 Å². The van der Waals surface area contributed by atoms with Gasteiger partial charge in [0.25, 0.3) is 5.91 Å². The number of nitrogens with one attached hydrogen (secondary N) is 1. The van der Waals surface area contributed by atoms with Crippen LogP contribution in [0.25, 0.3) is 0 Å². The zero-order valence-corrected chi connectivity index (χ0v) is 10.1. The molecule has 0 spiro atoms. The lowest BCUT2D eigenvalue weighted by atomic mass is 10.3. The number of anilines is 1. The van der Waals surface area contributed by atoms with Crippen molar-refractivity contribution in [2.24, 2.45) is 16.5 Å². The molecule has 0 saturated heterocycles. The molecule has 1 aromatic carbocycles. The van der Waals surface area contributed by atoms with E-state index in [-0.39, 0.29) is 17.6 Å². The summed E-state index contributed by atoms with van der Waals surface area (Å²) in [5.41, 5.74) is 11.4. The standard InChI is InChI=1S/C11H11N5OS/c12-10(13)16-11-15-8(6-18-11)9(17)14-7-4-2-1-3-5-7/h1-6H,(H,14,17)(H4,12,13,15,16). The molecule has 0 radical (unpaired) electrons. The van der Waals surface area contributed by atoms with Crippen molar-refractivity contribution < 1.29 is 4.79 Å². The van der Waals surface area contributed by atoms with Gasteiger partial charge in [-0.25, -0.2) is 4.98 Å². The molecule has 92 valence electrons. The number of carbonyl (C=O) groups excluding carboxylic acids is 1. The second-order valence-electron chi connectivity index (χ2n) is 3.37. The van der Waals surface area contributed by atoms with Gasteiger partial charge in [0.2, 0.25) is 5.13 Å². The molecule has 0 atom stereocenters. The summed E-state index contributed by atoms with van der Waals surface area (Å²) in [6.07, 6.45) is 0. The van der Waals surface area contributed by atoms with Crippen molar-refractivity contribution >= 4 is 34.0 Å². The maximum Gasteiger partial charge on any atom is 0.275 e. The zero-order chi connectivity index (χ0) is 13.0. The fraction of sp³-hybridized carbons (Fsp3) is 0. The fourth-order valence-corrected chi connectivity index (χ4v) is 1.93. The minimum absolute atomic E-state index is 0.0839. The first kappa shape index (κ1) is 12.1. The first-order valence-corrected chi connectivity index (χ1v) is 5.94. The summed E-state index contributed by atoms with van der Waals surface area (Å²) in [4.78, 5) is 19.6. The molecule has 2 aromatic rings. The second-order valence-corrected chi connectivity index (χ2v) is 4.21. The number of carbonyl (C=O) groups is 1. The molecule has 0 fully saturated rings. The third-order valence-electron chi connectivity index (χ3n) is 1.98. The molecule has 7 heteroatoms. The van der Waals surface area contributed by atoms with E-state index in [0.29, 0.717) is 10.8 Å². The Morgan fingerprint density at radius 3 is 2.67 bits per heavy atom. The van der Waals surface area contributed by atoms with Crippen molar-refractivity contribution in [2.75, 3.05) is 5.32 Å². The van der Waals surface area contributed by atoms with E-state index in [1.807, 2.05) is 18.2 Å². The molecule has 5 N–H and O–H groups in total. The van der Waals surface area contributed by atoms with Gasteiger partial charge in [-0.2, -0.15) is 4.99 Å². The van der Waals surface area contributed by atoms with Crippen LogP contribution in [0.5, 0.6) is 0 Å². The van der Waals surface area contributed by atoms with Crippen molar-refractivity contribution in [1.29, 1.82) is 0 Å². The Kier molecular flexibility index (Phi) is 3.54. The lowest BCUT2D eigenvalue weighted by molar-refractivity contribution is 0.102. The minimum Gasteiger partial charge on any atom is -0.370 e. The van der Waals surface area contributed by atoms with Gasteiger partial charge in [0, 0.05) is 11.1 Å². The molecular formula is C11H11N5OS. The Balaban J connectivity index is 2.10. The van der Waals surface area contributed by atoms with Gasteiger partial charge < -0.3 is 16.8 Å². The van der Waals surface area contributed by atoms with Crippen LogP contribution < -0.4 is 16.8 Å². The molecule has 0 aliphatic rings. The molecule has 1 heterocycles. The summed E-state index contributed by atoms with van der Waals surface area (Å²) < 4.78 is 0. The molecule has 0 bridgehead atoms. The second kappa shape index (κ2) is 5.28. The van der Waals surface area contributed by atoms with Crippen LogP contribution in [0.15, 0.2) is 40.7 Å². The van der Waals surface area contributed by atoms with Crippen molar-refractivity contribution in [3.63, 3.8) is 0 Å². The van der Waals surface area contributed by atoms with Crippen molar-refractivity contribution in [3.05, 3.63) is 41.4 Å². The number of rotatable bonds is 3. The van der Waals surface area contributed by atoms with E-state index in [9.17, 15) is 4.79 Å². The van der Waals surface area contributed by atoms with E-state index in [4.69, 9.17) is 11.5 Å². The van der Waals surface area contributed by atoms with Crippen LogP contribution in [0.4, 0.5) is 10.8 Å². The maximum atomic E-state index is 11.8. The lowest BCUT2D eigenvalue weighted by Crippen LogP contribution is -2.21. The van der Waals surface area contributed by atoms with Gasteiger partial charge >= 0.3 is 0 Å². The largest absolute Gasteiger partial charge is 0.370 e. The number of aliphatic imine (C=N–C) groups is 1. The molecular weight excluding hydrogens is 250 g/mol. The molecule has 0 saturated carbocycles. The maximum absolute atomic E-state index is 11.8. The average Bonchev–Trinajstić information content (AvgIpc) is 2.78. The Labute approximate surface area is 107 Å². The number of thiazole rings is 1. The normalized spacial score (nSPS) is 9.78. The minimum atomic E-state index is -0.297. The zero-order valence-electron chi connectivity index (χ0n) is 9.33. The molecule has 0 unspecified atom stereocenters. The molecule has 1 amide bonds. The number of amides is 1. The molecule has 18 heavy (non-hydrogen) atoms. The highest BCUT2D eigenvalue weighted by molar-refractivity contribution is 7.13. The number of hydrogen-bond donors (Lipinski definition) is 3. The molecule has 0 aliphatic carbocycles. The number of nitrogens with zero attached hydrogens (tertiary/aromatic N) is 2. The molecule has 1 aromatic heterocycles. The van der Waals surface area contributed by atoms with E-state index < -0.39 is 0 Å². The Bertz CT molecular complexity index is 574.